The van der Waals surface area contributed by atoms with E-state index in [1.807, 2.05) is 6.92 Å². The maximum absolute atomic E-state index is 13.3. The molecule has 0 radical (unpaired) electrons. The summed E-state index contributed by atoms with van der Waals surface area (Å²) in [4.78, 5) is 43.8. The highest BCUT2D eigenvalue weighted by molar-refractivity contribution is 8.00. The molecule has 0 spiro atoms. The van der Waals surface area contributed by atoms with Crippen molar-refractivity contribution < 1.29 is 23.9 Å². The van der Waals surface area contributed by atoms with Crippen LogP contribution in [0.5, 0.6) is 0 Å². The third-order valence-electron chi connectivity index (χ3n) is 5.92. The first kappa shape index (κ1) is 26.7. The maximum Gasteiger partial charge on any atom is 0.251 e. The fourth-order valence-electron chi connectivity index (χ4n) is 4.19. The fraction of sp³-hybridized carbons (Fsp3) is 0.609. The Bertz CT molecular complexity index is 957. The summed E-state index contributed by atoms with van der Waals surface area (Å²) in [5, 5.41) is 17.8. The molecule has 12 heteroatoms. The Labute approximate surface area is 209 Å². The van der Waals surface area contributed by atoms with Gasteiger partial charge < -0.3 is 30.3 Å². The van der Waals surface area contributed by atoms with Gasteiger partial charge >= 0.3 is 0 Å². The molecule has 5 atom stereocenters. The van der Waals surface area contributed by atoms with Crippen molar-refractivity contribution in [3.05, 3.63) is 18.2 Å². The van der Waals surface area contributed by atoms with E-state index in [2.05, 4.69) is 27.0 Å². The number of carbonyl (C=O) groups excluding carboxylic acids is 3. The monoisotopic (exact) mass is 504 g/mol. The maximum atomic E-state index is 13.3. The number of nitrogens with zero attached hydrogens (tertiary/aromatic N) is 3. The number of aromatic nitrogens is 1. The molecule has 1 aromatic heterocycles. The van der Waals surface area contributed by atoms with Gasteiger partial charge in [-0.05, 0) is 32.4 Å². The molecule has 0 bridgehead atoms. The molecular weight excluding hydrogens is 472 g/mol. The third kappa shape index (κ3) is 6.42. The number of carbonyl (C=O) groups is 3. The molecule has 190 valence electrons. The van der Waals surface area contributed by atoms with Crippen LogP contribution in [0.2, 0.25) is 0 Å². The topological polar surface area (TPSA) is 146 Å². The summed E-state index contributed by atoms with van der Waals surface area (Å²) < 4.78 is 10.1. The summed E-state index contributed by atoms with van der Waals surface area (Å²) in [6.07, 6.45) is 0.703. The highest BCUT2D eigenvalue weighted by Gasteiger charge is 2.55. The van der Waals surface area contributed by atoms with Crippen molar-refractivity contribution in [2.45, 2.75) is 36.9 Å². The van der Waals surface area contributed by atoms with Crippen molar-refractivity contribution in [3.8, 4) is 6.07 Å². The lowest BCUT2D eigenvalue weighted by atomic mass is 9.77. The highest BCUT2D eigenvalue weighted by atomic mass is 32.2. The zero-order chi connectivity index (χ0) is 25.4. The van der Waals surface area contributed by atoms with Crippen LogP contribution in [0.1, 0.15) is 20.3 Å². The standard InChI is InChI=1S/C23H32N6O5S/c1-4-25-21(31)14(12-24)23-29(5-2)22(32)20-15(11-16(20)35-23)26-17-7-6-8-18(27-17)28-19(30)13-34-10-9-33-3/h6-8,14-16,20,23H,4-5,9-11,13H2,1-3H3,(H,25,31)(H2,26,27,28,30). The Kier molecular flexibility index (Phi) is 9.71. The predicted molar refractivity (Wildman–Crippen MR) is 131 cm³/mol. The van der Waals surface area contributed by atoms with Crippen molar-refractivity contribution in [1.29, 1.82) is 5.26 Å². The lowest BCUT2D eigenvalue weighted by Crippen LogP contribution is -2.64. The smallest absolute Gasteiger partial charge is 0.251 e. The fourth-order valence-corrected chi connectivity index (χ4v) is 6.08. The molecule has 2 heterocycles. The molecule has 35 heavy (non-hydrogen) atoms. The van der Waals surface area contributed by atoms with Gasteiger partial charge in [0.15, 0.2) is 5.92 Å². The molecule has 1 saturated heterocycles. The average molecular weight is 505 g/mol. The number of anilines is 2. The number of rotatable bonds is 12. The molecular formula is C23H32N6O5S. The van der Waals surface area contributed by atoms with Gasteiger partial charge in [0.2, 0.25) is 11.8 Å². The summed E-state index contributed by atoms with van der Waals surface area (Å²) in [6, 6.07) is 7.18. The second-order valence-corrected chi connectivity index (χ2v) is 9.57. The van der Waals surface area contributed by atoms with Crippen LogP contribution in [0.15, 0.2) is 18.2 Å². The number of thioether (sulfide) groups is 1. The van der Waals surface area contributed by atoms with Crippen LogP contribution in [0.25, 0.3) is 0 Å². The van der Waals surface area contributed by atoms with Gasteiger partial charge in [-0.3, -0.25) is 14.4 Å². The van der Waals surface area contributed by atoms with Gasteiger partial charge in [-0.25, -0.2) is 4.98 Å². The Morgan fingerprint density at radius 1 is 1.31 bits per heavy atom. The van der Waals surface area contributed by atoms with Gasteiger partial charge in [0.05, 0.1) is 25.2 Å². The molecule has 0 aromatic carbocycles. The van der Waals surface area contributed by atoms with E-state index >= 15 is 0 Å². The Hall–Kier alpha value is -2.88. The van der Waals surface area contributed by atoms with E-state index < -0.39 is 11.3 Å². The zero-order valence-electron chi connectivity index (χ0n) is 20.2. The molecule has 1 aromatic rings. The quantitative estimate of drug-likeness (QED) is 0.356. The van der Waals surface area contributed by atoms with Crippen LogP contribution in [0, 0.1) is 23.2 Å². The second kappa shape index (κ2) is 12.7. The van der Waals surface area contributed by atoms with E-state index in [4.69, 9.17) is 9.47 Å². The number of nitrogens with one attached hydrogen (secondary N) is 3. The minimum Gasteiger partial charge on any atom is -0.382 e. The summed E-state index contributed by atoms with van der Waals surface area (Å²) in [7, 11) is 1.56. The molecule has 3 rings (SSSR count). The summed E-state index contributed by atoms with van der Waals surface area (Å²) in [6.45, 7) is 5.12. The Morgan fingerprint density at radius 2 is 2.09 bits per heavy atom. The number of ether oxygens (including phenoxy) is 2. The second-order valence-electron chi connectivity index (χ2n) is 8.20. The van der Waals surface area contributed by atoms with Crippen molar-refractivity contribution >= 4 is 41.1 Å². The number of nitriles is 1. The lowest BCUT2D eigenvalue weighted by molar-refractivity contribution is -0.141. The number of hydrogen-bond donors (Lipinski definition) is 3. The molecule has 2 fully saturated rings. The van der Waals surface area contributed by atoms with Crippen molar-refractivity contribution in [1.82, 2.24) is 15.2 Å². The molecule has 3 amide bonds. The Morgan fingerprint density at radius 3 is 2.77 bits per heavy atom. The van der Waals surface area contributed by atoms with Crippen LogP contribution in [0.4, 0.5) is 11.6 Å². The highest BCUT2D eigenvalue weighted by Crippen LogP contribution is 2.48. The minimum atomic E-state index is -0.919. The zero-order valence-corrected chi connectivity index (χ0v) is 21.0. The molecule has 1 saturated carbocycles. The van der Waals surface area contributed by atoms with E-state index in [0.717, 1.165) is 0 Å². The predicted octanol–water partition coefficient (Wildman–Crippen LogP) is 1.05. The number of hydrogen-bond acceptors (Lipinski definition) is 9. The van der Waals surface area contributed by atoms with E-state index in [9.17, 15) is 19.6 Å². The van der Waals surface area contributed by atoms with Crippen molar-refractivity contribution in [3.63, 3.8) is 0 Å². The lowest BCUT2D eigenvalue weighted by Gasteiger charge is -2.52. The third-order valence-corrected chi connectivity index (χ3v) is 7.56. The largest absolute Gasteiger partial charge is 0.382 e. The molecule has 11 nitrogen and oxygen atoms in total. The van der Waals surface area contributed by atoms with Gasteiger partial charge in [-0.2, -0.15) is 5.26 Å². The molecule has 2 aliphatic rings. The molecule has 1 aliphatic heterocycles. The molecule has 3 N–H and O–H groups in total. The van der Waals surface area contributed by atoms with Crippen molar-refractivity contribution in [2.75, 3.05) is 50.7 Å². The number of pyridine rings is 1. The number of fused-ring (bicyclic) bond motifs is 1. The van der Waals surface area contributed by atoms with Crippen molar-refractivity contribution in [2.24, 2.45) is 11.8 Å². The first-order valence-electron chi connectivity index (χ1n) is 11.7. The van der Waals surface area contributed by atoms with E-state index in [1.54, 1.807) is 37.1 Å². The molecule has 5 unspecified atom stereocenters. The summed E-state index contributed by atoms with van der Waals surface area (Å²) in [5.41, 5.74) is 0. The van der Waals surface area contributed by atoms with E-state index in [1.165, 1.54) is 11.8 Å². The van der Waals surface area contributed by atoms with Gasteiger partial charge in [-0.15, -0.1) is 11.8 Å². The van der Waals surface area contributed by atoms with Gasteiger partial charge in [0.1, 0.15) is 23.6 Å². The minimum absolute atomic E-state index is 0.0187. The first-order valence-corrected chi connectivity index (χ1v) is 12.6. The normalized spacial score (nSPS) is 23.9. The first-order chi connectivity index (χ1) is 16.9. The SMILES string of the molecule is CCNC(=O)C(C#N)C1SC2CC(Nc3cccc(NC(=O)COCCOC)n3)C2C(=O)N1CC. The van der Waals surface area contributed by atoms with Crippen LogP contribution in [-0.4, -0.2) is 84.3 Å². The van der Waals surface area contributed by atoms with Gasteiger partial charge in [0.25, 0.3) is 5.91 Å². The van der Waals surface area contributed by atoms with E-state index in [0.29, 0.717) is 44.4 Å². The number of amides is 3. The van der Waals surface area contributed by atoms with Gasteiger partial charge in [0, 0.05) is 31.5 Å². The van der Waals surface area contributed by atoms with Crippen LogP contribution >= 0.6 is 11.8 Å². The van der Waals surface area contributed by atoms with Crippen LogP contribution in [0.3, 0.4) is 0 Å². The van der Waals surface area contributed by atoms with Crippen LogP contribution in [-0.2, 0) is 23.9 Å². The summed E-state index contributed by atoms with van der Waals surface area (Å²) >= 11 is 1.52. The Balaban J connectivity index is 1.60. The summed E-state index contributed by atoms with van der Waals surface area (Å²) in [5.74, 6) is -1.00. The van der Waals surface area contributed by atoms with E-state index in [-0.39, 0.29) is 41.5 Å². The number of methoxy groups -OCH3 is 1. The van der Waals surface area contributed by atoms with Gasteiger partial charge in [-0.1, -0.05) is 6.07 Å². The average Bonchev–Trinajstić information content (AvgIpc) is 2.81. The molecule has 1 aliphatic carbocycles. The van der Waals surface area contributed by atoms with Crippen LogP contribution < -0.4 is 16.0 Å².